The van der Waals surface area contributed by atoms with Crippen molar-refractivity contribution in [2.45, 2.75) is 26.5 Å². The largest absolute Gasteiger partial charge is 0.493 e. The predicted molar refractivity (Wildman–Crippen MR) is 119 cm³/mol. The fourth-order valence-electron chi connectivity index (χ4n) is 3.17. The highest BCUT2D eigenvalue weighted by Gasteiger charge is 2.31. The van der Waals surface area contributed by atoms with Crippen LogP contribution in [0.4, 0.5) is 14.5 Å². The van der Waals surface area contributed by atoms with E-state index in [1.807, 2.05) is 6.92 Å². The van der Waals surface area contributed by atoms with Crippen molar-refractivity contribution in [2.75, 3.05) is 12.4 Å². The molecule has 1 atom stereocenters. The van der Waals surface area contributed by atoms with Crippen molar-refractivity contribution in [3.05, 3.63) is 63.8 Å². The number of hydrogen-bond donors (Lipinski definition) is 3. The number of rotatable bonds is 6. The third-order valence-corrected chi connectivity index (χ3v) is 5.31. The molecule has 0 radical (unpaired) electrons. The summed E-state index contributed by atoms with van der Waals surface area (Å²) in [5, 5.41) is 9.67. The SMILES string of the molecule is COc1cc([C@H]2NC(=S)NC(C)=C2C(=O)Nc2ccc(C)c(Cl)c2)ccc1OC(F)F. The lowest BCUT2D eigenvalue weighted by Gasteiger charge is -2.30. The van der Waals surface area contributed by atoms with Gasteiger partial charge in [0.05, 0.1) is 18.7 Å². The Kier molecular flexibility index (Phi) is 6.97. The Balaban J connectivity index is 1.96. The van der Waals surface area contributed by atoms with E-state index in [4.69, 9.17) is 28.6 Å². The average Bonchev–Trinajstić information content (AvgIpc) is 2.70. The summed E-state index contributed by atoms with van der Waals surface area (Å²) in [6.07, 6.45) is 0. The van der Waals surface area contributed by atoms with Gasteiger partial charge in [0.25, 0.3) is 5.91 Å². The molecule has 31 heavy (non-hydrogen) atoms. The van der Waals surface area contributed by atoms with Crippen LogP contribution >= 0.6 is 23.8 Å². The van der Waals surface area contributed by atoms with E-state index >= 15 is 0 Å². The highest BCUT2D eigenvalue weighted by atomic mass is 35.5. The number of carbonyl (C=O) groups is 1. The number of halogens is 3. The molecule has 164 valence electrons. The molecule has 1 amide bonds. The number of hydrogen-bond acceptors (Lipinski definition) is 4. The number of ether oxygens (including phenoxy) is 2. The molecule has 2 aromatic rings. The number of carbonyl (C=O) groups excluding carboxylic acids is 1. The Morgan fingerprint density at radius 1 is 1.19 bits per heavy atom. The Hall–Kier alpha value is -2.91. The first kappa shape index (κ1) is 22.8. The van der Waals surface area contributed by atoms with Crippen LogP contribution in [0, 0.1) is 6.92 Å². The molecule has 1 aliphatic rings. The van der Waals surface area contributed by atoms with Crippen LogP contribution in [0.3, 0.4) is 0 Å². The van der Waals surface area contributed by atoms with Crippen LogP contribution < -0.4 is 25.4 Å². The fraction of sp³-hybridized carbons (Fsp3) is 0.238. The predicted octanol–water partition coefficient (Wildman–Crippen LogP) is 4.69. The second-order valence-electron chi connectivity index (χ2n) is 6.78. The van der Waals surface area contributed by atoms with E-state index in [1.165, 1.54) is 19.2 Å². The average molecular weight is 468 g/mol. The van der Waals surface area contributed by atoms with Gasteiger partial charge in [0.15, 0.2) is 16.6 Å². The monoisotopic (exact) mass is 467 g/mol. The van der Waals surface area contributed by atoms with Gasteiger partial charge in [-0.2, -0.15) is 8.78 Å². The second kappa shape index (κ2) is 9.49. The summed E-state index contributed by atoms with van der Waals surface area (Å²) in [4.78, 5) is 13.1. The highest BCUT2D eigenvalue weighted by molar-refractivity contribution is 7.80. The summed E-state index contributed by atoms with van der Waals surface area (Å²) >= 11 is 11.4. The zero-order chi connectivity index (χ0) is 22.7. The highest BCUT2D eigenvalue weighted by Crippen LogP contribution is 2.35. The zero-order valence-electron chi connectivity index (χ0n) is 16.9. The summed E-state index contributed by atoms with van der Waals surface area (Å²) in [6.45, 7) is 0.596. The van der Waals surface area contributed by atoms with Crippen LogP contribution in [-0.2, 0) is 4.79 Å². The van der Waals surface area contributed by atoms with Crippen LogP contribution in [0.25, 0.3) is 0 Å². The Bertz CT molecular complexity index is 1060. The van der Waals surface area contributed by atoms with Crippen LogP contribution in [-0.4, -0.2) is 24.7 Å². The topological polar surface area (TPSA) is 71.6 Å². The smallest absolute Gasteiger partial charge is 0.387 e. The number of thiocarbonyl (C=S) groups is 1. The molecule has 1 aliphatic heterocycles. The lowest BCUT2D eigenvalue weighted by atomic mass is 9.94. The molecule has 1 heterocycles. The van der Waals surface area contributed by atoms with Gasteiger partial charge in [-0.3, -0.25) is 4.79 Å². The van der Waals surface area contributed by atoms with E-state index in [1.54, 1.807) is 31.2 Å². The molecule has 0 saturated carbocycles. The molecule has 0 unspecified atom stereocenters. The fourth-order valence-corrected chi connectivity index (χ4v) is 3.62. The van der Waals surface area contributed by atoms with Crippen molar-refractivity contribution in [3.63, 3.8) is 0 Å². The van der Waals surface area contributed by atoms with E-state index in [2.05, 4.69) is 20.7 Å². The number of anilines is 1. The molecule has 3 rings (SSSR count). The maximum Gasteiger partial charge on any atom is 0.387 e. The second-order valence-corrected chi connectivity index (χ2v) is 7.59. The van der Waals surface area contributed by atoms with Crippen molar-refractivity contribution < 1.29 is 23.0 Å². The van der Waals surface area contributed by atoms with Crippen molar-refractivity contribution in [1.29, 1.82) is 0 Å². The van der Waals surface area contributed by atoms with Gasteiger partial charge in [-0.05, 0) is 61.5 Å². The minimum absolute atomic E-state index is 0.103. The zero-order valence-corrected chi connectivity index (χ0v) is 18.5. The first-order valence-electron chi connectivity index (χ1n) is 9.18. The number of alkyl halides is 2. The first-order valence-corrected chi connectivity index (χ1v) is 9.96. The quantitative estimate of drug-likeness (QED) is 0.535. The van der Waals surface area contributed by atoms with Gasteiger partial charge in [0, 0.05) is 16.4 Å². The summed E-state index contributed by atoms with van der Waals surface area (Å²) in [6, 6.07) is 9.00. The summed E-state index contributed by atoms with van der Waals surface area (Å²) in [5.74, 6) is -0.387. The molecular formula is C21H20ClF2N3O3S. The molecule has 0 spiro atoms. The lowest BCUT2D eigenvalue weighted by Crippen LogP contribution is -2.45. The van der Waals surface area contributed by atoms with Crippen molar-refractivity contribution in [1.82, 2.24) is 10.6 Å². The van der Waals surface area contributed by atoms with Gasteiger partial charge < -0.3 is 25.4 Å². The maximum absolute atomic E-state index is 13.1. The molecule has 3 N–H and O–H groups in total. The van der Waals surface area contributed by atoms with Gasteiger partial charge in [0.2, 0.25) is 0 Å². The van der Waals surface area contributed by atoms with Gasteiger partial charge >= 0.3 is 6.61 Å². The molecule has 0 aliphatic carbocycles. The van der Waals surface area contributed by atoms with Gasteiger partial charge in [-0.1, -0.05) is 23.7 Å². The molecular weight excluding hydrogens is 448 g/mol. The molecule has 10 heteroatoms. The third-order valence-electron chi connectivity index (χ3n) is 4.68. The number of allylic oxidation sites excluding steroid dienone is 1. The van der Waals surface area contributed by atoms with E-state index in [0.29, 0.717) is 32.7 Å². The van der Waals surface area contributed by atoms with Gasteiger partial charge in [-0.15, -0.1) is 0 Å². The normalized spacial score (nSPS) is 16.0. The van der Waals surface area contributed by atoms with Gasteiger partial charge in [0.1, 0.15) is 0 Å². The summed E-state index contributed by atoms with van der Waals surface area (Å²) in [7, 11) is 1.34. The molecule has 0 saturated heterocycles. The van der Waals surface area contributed by atoms with Crippen LogP contribution in [0.1, 0.15) is 24.1 Å². The van der Waals surface area contributed by atoms with Gasteiger partial charge in [-0.25, -0.2) is 0 Å². The maximum atomic E-state index is 13.1. The number of aryl methyl sites for hydroxylation is 1. The standard InChI is InChI=1S/C21H20ClF2N3O3S/c1-10-4-6-13(9-14(10)22)26-19(28)17-11(2)25-21(31)27-18(17)12-5-7-15(30-20(23)24)16(8-12)29-3/h4-9,18,20H,1-3H3,(H,26,28)(H2,25,27,31)/t18-/m1/s1. The number of methoxy groups -OCH3 is 1. The van der Waals surface area contributed by atoms with Crippen molar-refractivity contribution in [3.8, 4) is 11.5 Å². The van der Waals surface area contributed by atoms with Crippen LogP contribution in [0.5, 0.6) is 11.5 Å². The minimum Gasteiger partial charge on any atom is -0.493 e. The Labute approximate surface area is 188 Å². The number of amides is 1. The molecule has 0 fully saturated rings. The van der Waals surface area contributed by atoms with E-state index in [9.17, 15) is 13.6 Å². The van der Waals surface area contributed by atoms with Crippen LogP contribution in [0.2, 0.25) is 5.02 Å². The van der Waals surface area contributed by atoms with E-state index in [-0.39, 0.29) is 17.4 Å². The summed E-state index contributed by atoms with van der Waals surface area (Å²) in [5.41, 5.74) is 2.92. The van der Waals surface area contributed by atoms with Crippen LogP contribution in [0.15, 0.2) is 47.7 Å². The molecule has 0 aromatic heterocycles. The molecule has 6 nitrogen and oxygen atoms in total. The van der Waals surface area contributed by atoms with Crippen molar-refractivity contribution in [2.24, 2.45) is 0 Å². The number of benzene rings is 2. The summed E-state index contributed by atoms with van der Waals surface area (Å²) < 4.78 is 34.9. The molecule has 2 aromatic carbocycles. The Morgan fingerprint density at radius 3 is 2.58 bits per heavy atom. The first-order chi connectivity index (χ1) is 14.7. The van der Waals surface area contributed by atoms with E-state index < -0.39 is 12.7 Å². The molecule has 0 bridgehead atoms. The third kappa shape index (κ3) is 5.23. The minimum atomic E-state index is -2.99. The van der Waals surface area contributed by atoms with Crippen molar-refractivity contribution >= 4 is 40.5 Å². The lowest BCUT2D eigenvalue weighted by molar-refractivity contribution is -0.113. The Morgan fingerprint density at radius 2 is 1.94 bits per heavy atom. The number of nitrogens with one attached hydrogen (secondary N) is 3. The van der Waals surface area contributed by atoms with E-state index in [0.717, 1.165) is 5.56 Å².